The van der Waals surface area contributed by atoms with Crippen molar-refractivity contribution in [2.24, 2.45) is 0 Å². The Morgan fingerprint density at radius 1 is 1.14 bits per heavy atom. The van der Waals surface area contributed by atoms with Gasteiger partial charge in [0.1, 0.15) is 18.5 Å². The molecule has 0 saturated carbocycles. The number of hydrogen-bond acceptors (Lipinski definition) is 4. The van der Waals surface area contributed by atoms with Crippen molar-refractivity contribution in [3.63, 3.8) is 0 Å². The van der Waals surface area contributed by atoms with Gasteiger partial charge in [-0.3, -0.25) is 9.69 Å². The molecule has 1 atom stereocenters. The van der Waals surface area contributed by atoms with Gasteiger partial charge in [0.15, 0.2) is 0 Å². The van der Waals surface area contributed by atoms with E-state index in [-0.39, 0.29) is 30.4 Å². The zero-order chi connectivity index (χ0) is 19.5. The number of carbonyl (C=O) groups is 2. The van der Waals surface area contributed by atoms with Crippen molar-refractivity contribution in [3.05, 3.63) is 54.5 Å². The van der Waals surface area contributed by atoms with E-state index in [1.54, 1.807) is 34.2 Å². The summed E-state index contributed by atoms with van der Waals surface area (Å²) in [4.78, 5) is 34.2. The third kappa shape index (κ3) is 3.90. The monoisotopic (exact) mass is 384 g/mol. The van der Waals surface area contributed by atoms with Crippen molar-refractivity contribution < 1.29 is 18.7 Å². The number of anilines is 1. The summed E-state index contributed by atoms with van der Waals surface area (Å²) < 4.78 is 18.9. The Hall–Kier alpha value is -3.16. The molecular weight excluding hydrogens is 363 g/mol. The number of hydrogen-bond donors (Lipinski definition) is 0. The molecule has 2 aliphatic heterocycles. The molecule has 28 heavy (non-hydrogen) atoms. The molecule has 1 aromatic carbocycles. The molecule has 2 aromatic rings. The maximum Gasteiger partial charge on any atom is 0.325 e. The summed E-state index contributed by atoms with van der Waals surface area (Å²) in [5.41, 5.74) is 0.631. The van der Waals surface area contributed by atoms with Gasteiger partial charge < -0.3 is 14.5 Å². The average molecular weight is 384 g/mol. The predicted octanol–water partition coefficient (Wildman–Crippen LogP) is 2.14. The lowest BCUT2D eigenvalue weighted by Gasteiger charge is -2.22. The van der Waals surface area contributed by atoms with Crippen molar-refractivity contribution in [1.82, 2.24) is 14.8 Å². The topological polar surface area (TPSA) is 66.0 Å². The van der Waals surface area contributed by atoms with Crippen molar-refractivity contribution in [1.29, 1.82) is 0 Å². The fourth-order valence-corrected chi connectivity index (χ4v) is 3.49. The third-order valence-electron chi connectivity index (χ3n) is 4.98. The quantitative estimate of drug-likeness (QED) is 0.792. The van der Waals surface area contributed by atoms with Crippen LogP contribution in [-0.2, 0) is 4.79 Å². The summed E-state index contributed by atoms with van der Waals surface area (Å²) in [5, 5.41) is 0. The fourth-order valence-electron chi connectivity index (χ4n) is 3.49. The van der Waals surface area contributed by atoms with Gasteiger partial charge in [-0.25, -0.2) is 14.2 Å². The van der Waals surface area contributed by atoms with E-state index in [2.05, 4.69) is 4.98 Å². The van der Waals surface area contributed by atoms with E-state index in [1.165, 1.54) is 17.0 Å². The summed E-state index contributed by atoms with van der Waals surface area (Å²) in [6.45, 7) is 2.05. The molecule has 0 spiro atoms. The molecule has 2 fully saturated rings. The molecule has 0 bridgehead atoms. The minimum atomic E-state index is -0.348. The first-order valence-electron chi connectivity index (χ1n) is 9.27. The standard InChI is InChI=1S/C20H21FN4O3/c21-15-4-6-16(7-5-15)25-12-11-24(20(25)27)14-19(26)23-10-8-17(13-23)28-18-3-1-2-9-22-18/h1-7,9,17H,8,10-14H2. The molecule has 4 rings (SSSR count). The molecule has 3 heterocycles. The van der Waals surface area contributed by atoms with Gasteiger partial charge >= 0.3 is 6.03 Å². The molecule has 7 nitrogen and oxygen atoms in total. The van der Waals surface area contributed by atoms with Crippen LogP contribution < -0.4 is 9.64 Å². The first-order chi connectivity index (χ1) is 13.6. The Balaban J connectivity index is 1.30. The number of halogens is 1. The number of likely N-dealkylation sites (tertiary alicyclic amines) is 1. The number of pyridine rings is 1. The van der Waals surface area contributed by atoms with Gasteiger partial charge in [-0.15, -0.1) is 0 Å². The normalized spacial score (nSPS) is 19.4. The molecule has 1 unspecified atom stereocenters. The Bertz CT molecular complexity index is 846. The SMILES string of the molecule is O=C(CN1CCN(c2ccc(F)cc2)C1=O)N1CCC(Oc2ccccn2)C1. The lowest BCUT2D eigenvalue weighted by molar-refractivity contribution is -0.130. The van der Waals surface area contributed by atoms with Gasteiger partial charge in [0.25, 0.3) is 0 Å². The molecule has 0 radical (unpaired) electrons. The van der Waals surface area contributed by atoms with Crippen LogP contribution in [0.4, 0.5) is 14.9 Å². The molecule has 2 aliphatic rings. The second-order valence-corrected chi connectivity index (χ2v) is 6.87. The van der Waals surface area contributed by atoms with Crippen molar-refractivity contribution in [2.75, 3.05) is 37.6 Å². The largest absolute Gasteiger partial charge is 0.472 e. The second-order valence-electron chi connectivity index (χ2n) is 6.87. The Kier molecular flexibility index (Phi) is 5.10. The maximum absolute atomic E-state index is 13.1. The number of aromatic nitrogens is 1. The highest BCUT2D eigenvalue weighted by Crippen LogP contribution is 2.21. The van der Waals surface area contributed by atoms with E-state index >= 15 is 0 Å². The van der Waals surface area contributed by atoms with Crippen molar-refractivity contribution >= 4 is 17.6 Å². The fraction of sp³-hybridized carbons (Fsp3) is 0.350. The third-order valence-corrected chi connectivity index (χ3v) is 4.98. The Labute approximate surface area is 162 Å². The zero-order valence-electron chi connectivity index (χ0n) is 15.3. The number of benzene rings is 1. The molecule has 2 saturated heterocycles. The maximum atomic E-state index is 13.1. The van der Waals surface area contributed by atoms with Gasteiger partial charge in [0, 0.05) is 44.0 Å². The first-order valence-corrected chi connectivity index (χ1v) is 9.27. The van der Waals surface area contributed by atoms with Crippen molar-refractivity contribution in [2.45, 2.75) is 12.5 Å². The van der Waals surface area contributed by atoms with Crippen LogP contribution in [0.15, 0.2) is 48.7 Å². The number of ether oxygens (including phenoxy) is 1. The molecule has 146 valence electrons. The van der Waals surface area contributed by atoms with Crippen LogP contribution in [-0.4, -0.2) is 65.5 Å². The van der Waals surface area contributed by atoms with E-state index in [1.807, 2.05) is 12.1 Å². The van der Waals surface area contributed by atoms with E-state index in [9.17, 15) is 14.0 Å². The van der Waals surface area contributed by atoms with E-state index < -0.39 is 0 Å². The number of nitrogens with zero attached hydrogens (tertiary/aromatic N) is 4. The summed E-state index contributed by atoms with van der Waals surface area (Å²) >= 11 is 0. The summed E-state index contributed by atoms with van der Waals surface area (Å²) in [6, 6.07) is 11.0. The lowest BCUT2D eigenvalue weighted by Crippen LogP contribution is -2.42. The van der Waals surface area contributed by atoms with Gasteiger partial charge in [0.05, 0.1) is 6.54 Å². The van der Waals surface area contributed by atoms with Crippen LogP contribution >= 0.6 is 0 Å². The highest BCUT2D eigenvalue weighted by atomic mass is 19.1. The van der Waals surface area contributed by atoms with Gasteiger partial charge in [-0.2, -0.15) is 0 Å². The Morgan fingerprint density at radius 3 is 2.71 bits per heavy atom. The average Bonchev–Trinajstić information content (AvgIpc) is 3.31. The van der Waals surface area contributed by atoms with Gasteiger partial charge in [-0.05, 0) is 30.3 Å². The van der Waals surface area contributed by atoms with Crippen LogP contribution in [0, 0.1) is 5.82 Å². The van der Waals surface area contributed by atoms with Crippen molar-refractivity contribution in [3.8, 4) is 5.88 Å². The minimum absolute atomic E-state index is 0.0346. The second kappa shape index (κ2) is 7.84. The molecule has 0 aliphatic carbocycles. The van der Waals surface area contributed by atoms with Gasteiger partial charge in [0.2, 0.25) is 11.8 Å². The first kappa shape index (κ1) is 18.2. The molecular formula is C20H21FN4O3. The highest BCUT2D eigenvalue weighted by Gasteiger charge is 2.34. The minimum Gasteiger partial charge on any atom is -0.472 e. The summed E-state index contributed by atoms with van der Waals surface area (Å²) in [5.74, 6) is 0.104. The van der Waals surface area contributed by atoms with Crippen LogP contribution in [0.2, 0.25) is 0 Å². The zero-order valence-corrected chi connectivity index (χ0v) is 15.3. The molecule has 1 aromatic heterocycles. The number of rotatable bonds is 5. The summed E-state index contributed by atoms with van der Waals surface area (Å²) in [7, 11) is 0. The van der Waals surface area contributed by atoms with Crippen LogP contribution in [0.3, 0.4) is 0 Å². The molecule has 8 heteroatoms. The molecule has 3 amide bonds. The van der Waals surface area contributed by atoms with E-state index in [0.29, 0.717) is 37.7 Å². The number of urea groups is 1. The number of amides is 3. The molecule has 0 N–H and O–H groups in total. The van der Waals surface area contributed by atoms with Crippen LogP contribution in [0.5, 0.6) is 5.88 Å². The van der Waals surface area contributed by atoms with Crippen LogP contribution in [0.25, 0.3) is 0 Å². The number of carbonyl (C=O) groups excluding carboxylic acids is 2. The highest BCUT2D eigenvalue weighted by molar-refractivity contribution is 5.96. The predicted molar refractivity (Wildman–Crippen MR) is 101 cm³/mol. The van der Waals surface area contributed by atoms with Crippen LogP contribution in [0.1, 0.15) is 6.42 Å². The Morgan fingerprint density at radius 2 is 1.96 bits per heavy atom. The lowest BCUT2D eigenvalue weighted by atomic mass is 10.3. The van der Waals surface area contributed by atoms with Gasteiger partial charge in [-0.1, -0.05) is 6.07 Å². The van der Waals surface area contributed by atoms with E-state index in [0.717, 1.165) is 6.42 Å². The van der Waals surface area contributed by atoms with E-state index in [4.69, 9.17) is 4.74 Å². The summed E-state index contributed by atoms with van der Waals surface area (Å²) in [6.07, 6.45) is 2.31. The smallest absolute Gasteiger partial charge is 0.325 e.